The highest BCUT2D eigenvalue weighted by Crippen LogP contribution is 2.28. The molecule has 1 N–H and O–H groups in total. The lowest BCUT2D eigenvalue weighted by atomic mass is 10.1. The van der Waals surface area contributed by atoms with Gasteiger partial charge in [-0.15, -0.1) is 0 Å². The fraction of sp³-hybridized carbons (Fsp3) is 0.538. The van der Waals surface area contributed by atoms with E-state index in [4.69, 9.17) is 11.6 Å². The van der Waals surface area contributed by atoms with Crippen molar-refractivity contribution < 1.29 is 0 Å². The molecular formula is C13H20ClN5. The van der Waals surface area contributed by atoms with Crippen LogP contribution in [0.3, 0.4) is 0 Å². The van der Waals surface area contributed by atoms with Crippen LogP contribution in [0, 0.1) is 0 Å². The highest BCUT2D eigenvalue weighted by Gasteiger charge is 2.23. The van der Waals surface area contributed by atoms with Crippen molar-refractivity contribution in [2.75, 3.05) is 6.54 Å². The molecule has 0 aliphatic rings. The molecule has 104 valence electrons. The summed E-state index contributed by atoms with van der Waals surface area (Å²) < 4.78 is 3.73. The number of aromatic nitrogens is 4. The van der Waals surface area contributed by atoms with Gasteiger partial charge in [0.1, 0.15) is 0 Å². The minimum atomic E-state index is 0.00259. The molecule has 1 unspecified atom stereocenters. The topological polar surface area (TPSA) is 47.7 Å². The second kappa shape index (κ2) is 5.75. The Kier molecular flexibility index (Phi) is 4.27. The van der Waals surface area contributed by atoms with Gasteiger partial charge in [-0.25, -0.2) is 0 Å². The summed E-state index contributed by atoms with van der Waals surface area (Å²) in [5, 5.41) is 12.9. The Balaban J connectivity index is 2.48. The van der Waals surface area contributed by atoms with Gasteiger partial charge in [-0.2, -0.15) is 10.2 Å². The molecular weight excluding hydrogens is 262 g/mol. The number of rotatable bonds is 5. The first-order chi connectivity index (χ1) is 9.08. The van der Waals surface area contributed by atoms with Gasteiger partial charge in [-0.3, -0.25) is 9.36 Å². The monoisotopic (exact) mass is 281 g/mol. The Labute approximate surface area is 118 Å². The molecule has 2 heterocycles. The number of hydrogen-bond acceptors (Lipinski definition) is 3. The summed E-state index contributed by atoms with van der Waals surface area (Å²) in [6.07, 6.45) is 2.60. The zero-order valence-corrected chi connectivity index (χ0v) is 12.6. The third-order valence-electron chi connectivity index (χ3n) is 3.24. The van der Waals surface area contributed by atoms with E-state index in [1.165, 1.54) is 0 Å². The fourth-order valence-corrected chi connectivity index (χ4v) is 2.55. The van der Waals surface area contributed by atoms with Crippen LogP contribution in [0.1, 0.15) is 37.0 Å². The van der Waals surface area contributed by atoms with Crippen molar-refractivity contribution in [1.82, 2.24) is 24.9 Å². The molecule has 0 aliphatic carbocycles. The van der Waals surface area contributed by atoms with E-state index in [9.17, 15) is 0 Å². The second-order valence-corrected chi connectivity index (χ2v) is 4.94. The normalized spacial score (nSPS) is 12.9. The molecule has 0 radical (unpaired) electrons. The summed E-state index contributed by atoms with van der Waals surface area (Å²) in [5.41, 5.74) is 3.15. The zero-order valence-electron chi connectivity index (χ0n) is 11.8. The molecule has 2 rings (SSSR count). The molecule has 0 saturated heterocycles. The summed E-state index contributed by atoms with van der Waals surface area (Å²) in [5.74, 6) is 0. The van der Waals surface area contributed by atoms with Crippen LogP contribution in [0.25, 0.3) is 0 Å². The van der Waals surface area contributed by atoms with Crippen LogP contribution in [0.2, 0.25) is 5.02 Å². The van der Waals surface area contributed by atoms with Crippen molar-refractivity contribution in [2.45, 2.75) is 26.3 Å². The van der Waals surface area contributed by atoms with E-state index in [1.807, 2.05) is 23.5 Å². The van der Waals surface area contributed by atoms with Crippen molar-refractivity contribution in [3.63, 3.8) is 0 Å². The molecule has 6 heteroatoms. The van der Waals surface area contributed by atoms with E-state index in [1.54, 1.807) is 6.20 Å². The largest absolute Gasteiger partial charge is 0.304 e. The van der Waals surface area contributed by atoms with Gasteiger partial charge in [0, 0.05) is 14.1 Å². The number of hydrogen-bond donors (Lipinski definition) is 1. The van der Waals surface area contributed by atoms with E-state index >= 15 is 0 Å². The summed E-state index contributed by atoms with van der Waals surface area (Å²) in [6.45, 7) is 5.03. The van der Waals surface area contributed by atoms with E-state index in [0.29, 0.717) is 5.02 Å². The van der Waals surface area contributed by atoms with Crippen molar-refractivity contribution in [3.05, 3.63) is 34.4 Å². The number of nitrogens with zero attached hydrogens (tertiary/aromatic N) is 4. The third-order valence-corrected chi connectivity index (χ3v) is 3.54. The summed E-state index contributed by atoms with van der Waals surface area (Å²) in [4.78, 5) is 0. The van der Waals surface area contributed by atoms with E-state index < -0.39 is 0 Å². The van der Waals surface area contributed by atoms with E-state index in [0.717, 1.165) is 30.0 Å². The number of aryl methyl sites for hydroxylation is 3. The van der Waals surface area contributed by atoms with Crippen molar-refractivity contribution in [1.29, 1.82) is 0 Å². The third kappa shape index (κ3) is 2.67. The van der Waals surface area contributed by atoms with Crippen LogP contribution in [0.5, 0.6) is 0 Å². The lowest BCUT2D eigenvalue weighted by Crippen LogP contribution is -2.26. The zero-order chi connectivity index (χ0) is 14.0. The molecule has 0 bridgehead atoms. The van der Waals surface area contributed by atoms with Gasteiger partial charge >= 0.3 is 0 Å². The fourth-order valence-electron chi connectivity index (χ4n) is 2.28. The Morgan fingerprint density at radius 1 is 1.32 bits per heavy atom. The van der Waals surface area contributed by atoms with Crippen molar-refractivity contribution in [2.24, 2.45) is 14.1 Å². The first kappa shape index (κ1) is 14.1. The first-order valence-electron chi connectivity index (χ1n) is 6.52. The molecule has 0 aromatic carbocycles. The van der Waals surface area contributed by atoms with Gasteiger partial charge in [0.05, 0.1) is 34.3 Å². The van der Waals surface area contributed by atoms with Gasteiger partial charge in [0.2, 0.25) is 0 Å². The molecule has 0 spiro atoms. The Morgan fingerprint density at radius 2 is 2.05 bits per heavy atom. The molecule has 0 amide bonds. The maximum Gasteiger partial charge on any atom is 0.0933 e. The van der Waals surface area contributed by atoms with Crippen LogP contribution < -0.4 is 5.32 Å². The SMILES string of the molecule is CCNC(c1cc(CC)nn1C)c1c(Cl)cnn1C. The highest BCUT2D eigenvalue weighted by molar-refractivity contribution is 6.31. The Bertz CT molecular complexity index is 538. The lowest BCUT2D eigenvalue weighted by Gasteiger charge is -2.19. The maximum atomic E-state index is 6.27. The van der Waals surface area contributed by atoms with Crippen LogP contribution >= 0.6 is 11.6 Å². The molecule has 2 aromatic rings. The van der Waals surface area contributed by atoms with Crippen LogP contribution in [0.4, 0.5) is 0 Å². The van der Waals surface area contributed by atoms with Crippen molar-refractivity contribution in [3.8, 4) is 0 Å². The maximum absolute atomic E-state index is 6.27. The highest BCUT2D eigenvalue weighted by atomic mass is 35.5. The molecule has 5 nitrogen and oxygen atoms in total. The van der Waals surface area contributed by atoms with E-state index in [-0.39, 0.29) is 6.04 Å². The molecule has 1 atom stereocenters. The van der Waals surface area contributed by atoms with Crippen LogP contribution in [-0.2, 0) is 20.5 Å². The average Bonchev–Trinajstić information content (AvgIpc) is 2.91. The van der Waals surface area contributed by atoms with Gasteiger partial charge in [0.15, 0.2) is 0 Å². The smallest absolute Gasteiger partial charge is 0.0933 e. The predicted octanol–water partition coefficient (Wildman–Crippen LogP) is 2.07. The van der Waals surface area contributed by atoms with Crippen molar-refractivity contribution >= 4 is 11.6 Å². The van der Waals surface area contributed by atoms with E-state index in [2.05, 4.69) is 35.4 Å². The quantitative estimate of drug-likeness (QED) is 0.913. The summed E-state index contributed by atoms with van der Waals surface area (Å²) in [6, 6.07) is 2.12. The lowest BCUT2D eigenvalue weighted by molar-refractivity contribution is 0.534. The molecule has 2 aromatic heterocycles. The minimum Gasteiger partial charge on any atom is -0.304 e. The molecule has 0 aliphatic heterocycles. The summed E-state index contributed by atoms with van der Waals surface area (Å²) in [7, 11) is 3.87. The van der Waals surface area contributed by atoms with Gasteiger partial charge in [0.25, 0.3) is 0 Å². The standard InChI is InChI=1S/C13H20ClN5/c1-5-9-7-11(18(3)17-9)12(15-6-2)13-10(14)8-16-19(13)4/h7-8,12,15H,5-6H2,1-4H3. The number of halogens is 1. The Morgan fingerprint density at radius 3 is 2.53 bits per heavy atom. The minimum absolute atomic E-state index is 0.00259. The molecule has 0 saturated carbocycles. The second-order valence-electron chi connectivity index (χ2n) is 4.53. The summed E-state index contributed by atoms with van der Waals surface area (Å²) >= 11 is 6.27. The molecule has 0 fully saturated rings. The van der Waals surface area contributed by atoms with Crippen LogP contribution in [-0.4, -0.2) is 26.1 Å². The predicted molar refractivity (Wildman–Crippen MR) is 76.3 cm³/mol. The van der Waals surface area contributed by atoms with Gasteiger partial charge in [-0.1, -0.05) is 25.4 Å². The van der Waals surface area contributed by atoms with Crippen LogP contribution in [0.15, 0.2) is 12.3 Å². The van der Waals surface area contributed by atoms with Gasteiger partial charge in [-0.05, 0) is 19.0 Å². The Hall–Kier alpha value is -1.33. The first-order valence-corrected chi connectivity index (χ1v) is 6.89. The number of nitrogens with one attached hydrogen (secondary N) is 1. The average molecular weight is 282 g/mol. The van der Waals surface area contributed by atoms with Gasteiger partial charge < -0.3 is 5.32 Å². The molecule has 19 heavy (non-hydrogen) atoms.